The molecule has 0 radical (unpaired) electrons. The Bertz CT molecular complexity index is 1170. The van der Waals surface area contributed by atoms with Crippen LogP contribution in [0.1, 0.15) is 10.4 Å². The topological polar surface area (TPSA) is 142 Å². The van der Waals surface area contributed by atoms with Gasteiger partial charge in [-0.1, -0.05) is 30.0 Å². The second kappa shape index (κ2) is 9.95. The first-order chi connectivity index (χ1) is 12.3. The van der Waals surface area contributed by atoms with E-state index in [1.807, 2.05) is 0 Å². The van der Waals surface area contributed by atoms with Crippen LogP contribution in [0.25, 0.3) is 10.8 Å². The molecule has 132 valence electrons. The summed E-state index contributed by atoms with van der Waals surface area (Å²) in [5, 5.41) is 31.3. The monoisotopic (exact) mass is 416 g/mol. The molecule has 1 N–H and O–H groups in total. The first-order valence-electron chi connectivity index (χ1n) is 7.20. The number of carboxylic acids is 1. The van der Waals surface area contributed by atoms with Crippen molar-refractivity contribution in [1.82, 2.24) is 0 Å². The van der Waals surface area contributed by atoms with Crippen LogP contribution >= 0.6 is 0 Å². The third-order valence-electron chi connectivity index (χ3n) is 3.58. The van der Waals surface area contributed by atoms with Crippen LogP contribution < -0.4 is 69.3 Å². The second-order valence-electron chi connectivity index (χ2n) is 5.30. The molecule has 0 aromatic heterocycles. The van der Waals surface area contributed by atoms with Gasteiger partial charge in [0.1, 0.15) is 0 Å². The predicted molar refractivity (Wildman–Crippen MR) is 88.2 cm³/mol. The minimum atomic E-state index is -4.32. The number of nitrogens with zero attached hydrogens (tertiary/aromatic N) is 2. The predicted octanol–water partition coefficient (Wildman–Crippen LogP) is -4.05. The molecular weight excluding hydrogens is 406 g/mol. The van der Waals surface area contributed by atoms with Crippen molar-refractivity contribution in [2.75, 3.05) is 0 Å². The summed E-state index contributed by atoms with van der Waals surface area (Å²) >= 11 is 0. The third-order valence-corrected chi connectivity index (χ3v) is 4.43. The van der Waals surface area contributed by atoms with E-state index in [0.717, 1.165) is 12.1 Å². The van der Waals surface area contributed by atoms with Crippen LogP contribution in [0.3, 0.4) is 0 Å². The molecular formula is C17H10N2Na2O6S. The van der Waals surface area contributed by atoms with Gasteiger partial charge in [0, 0.05) is 5.39 Å². The molecule has 3 aromatic rings. The first-order valence-corrected chi connectivity index (χ1v) is 8.64. The molecule has 0 saturated heterocycles. The van der Waals surface area contributed by atoms with Gasteiger partial charge in [0.25, 0.3) is 10.1 Å². The number of hydrogen-bond acceptors (Lipinski definition) is 7. The zero-order valence-electron chi connectivity index (χ0n) is 15.0. The molecule has 11 heteroatoms. The van der Waals surface area contributed by atoms with Crippen molar-refractivity contribution in [1.29, 1.82) is 0 Å². The van der Waals surface area contributed by atoms with Crippen LogP contribution in [0.5, 0.6) is 5.75 Å². The number of azo groups is 1. The fourth-order valence-corrected chi connectivity index (χ4v) is 2.86. The van der Waals surface area contributed by atoms with Crippen LogP contribution in [0.2, 0.25) is 0 Å². The van der Waals surface area contributed by atoms with Gasteiger partial charge in [-0.05, 0) is 41.3 Å². The van der Waals surface area contributed by atoms with Gasteiger partial charge in [-0.2, -0.15) is 13.5 Å². The number of carboxylic acid groups (broad SMARTS) is 1. The van der Waals surface area contributed by atoms with E-state index in [4.69, 9.17) is 4.55 Å². The van der Waals surface area contributed by atoms with E-state index in [2.05, 4.69) is 10.2 Å². The fourth-order valence-electron chi connectivity index (χ4n) is 2.34. The number of carbonyl (C=O) groups excluding carboxylic acids is 1. The average Bonchev–Trinajstić information content (AvgIpc) is 2.59. The zero-order valence-corrected chi connectivity index (χ0v) is 19.8. The summed E-state index contributed by atoms with van der Waals surface area (Å²) < 4.78 is 31.6. The number of hydrogen-bond donors (Lipinski definition) is 1. The Morgan fingerprint density at radius 3 is 2.32 bits per heavy atom. The van der Waals surface area contributed by atoms with Gasteiger partial charge in [-0.3, -0.25) is 4.55 Å². The van der Waals surface area contributed by atoms with Gasteiger partial charge in [0.15, 0.2) is 0 Å². The summed E-state index contributed by atoms with van der Waals surface area (Å²) in [6, 6.07) is 12.3. The maximum atomic E-state index is 11.4. The molecule has 28 heavy (non-hydrogen) atoms. The maximum absolute atomic E-state index is 11.4. The first kappa shape index (κ1) is 24.7. The number of aromatic carboxylic acids is 1. The van der Waals surface area contributed by atoms with E-state index in [1.54, 1.807) is 18.2 Å². The van der Waals surface area contributed by atoms with Crippen molar-refractivity contribution >= 4 is 38.2 Å². The number of benzene rings is 3. The van der Waals surface area contributed by atoms with Crippen molar-refractivity contribution < 1.29 is 87.1 Å². The SMILES string of the molecule is O=C([O-])c1cc(N=Nc2cccc3cc(S(=O)(=O)O)ccc23)ccc1[O-].[Na+].[Na+]. The minimum Gasteiger partial charge on any atom is -0.872 e. The molecule has 0 atom stereocenters. The van der Waals surface area contributed by atoms with Crippen molar-refractivity contribution in [2.24, 2.45) is 10.2 Å². The molecule has 0 amide bonds. The van der Waals surface area contributed by atoms with Crippen molar-refractivity contribution in [2.45, 2.75) is 4.90 Å². The Morgan fingerprint density at radius 1 is 0.964 bits per heavy atom. The summed E-state index contributed by atoms with van der Waals surface area (Å²) in [4.78, 5) is 10.6. The largest absolute Gasteiger partial charge is 1.00 e. The van der Waals surface area contributed by atoms with Gasteiger partial charge in [-0.15, -0.1) is 5.11 Å². The molecule has 0 spiro atoms. The molecule has 0 aliphatic heterocycles. The molecule has 0 aliphatic rings. The Morgan fingerprint density at radius 2 is 1.68 bits per heavy atom. The summed E-state index contributed by atoms with van der Waals surface area (Å²) in [6.45, 7) is 0. The number of carbonyl (C=O) groups is 1. The Labute approximate surface area is 204 Å². The molecule has 0 fully saturated rings. The molecule has 0 aliphatic carbocycles. The molecule has 0 saturated carbocycles. The van der Waals surface area contributed by atoms with E-state index >= 15 is 0 Å². The Balaban J connectivity index is 0.00000196. The van der Waals surface area contributed by atoms with Crippen LogP contribution in [-0.2, 0) is 10.1 Å². The second-order valence-corrected chi connectivity index (χ2v) is 6.72. The number of fused-ring (bicyclic) bond motifs is 1. The fraction of sp³-hybridized carbons (Fsp3) is 0. The van der Waals surface area contributed by atoms with Crippen molar-refractivity contribution in [3.8, 4) is 5.75 Å². The van der Waals surface area contributed by atoms with Gasteiger partial charge in [0.05, 0.1) is 22.2 Å². The average molecular weight is 416 g/mol. The zero-order chi connectivity index (χ0) is 18.9. The van der Waals surface area contributed by atoms with Gasteiger partial charge >= 0.3 is 59.1 Å². The molecule has 3 rings (SSSR count). The summed E-state index contributed by atoms with van der Waals surface area (Å²) in [5.74, 6) is -2.29. The van der Waals surface area contributed by atoms with Gasteiger partial charge in [0.2, 0.25) is 0 Å². The van der Waals surface area contributed by atoms with Crippen molar-refractivity contribution in [3.05, 3.63) is 60.2 Å². The van der Waals surface area contributed by atoms with Crippen LogP contribution in [0.15, 0.2) is 69.7 Å². The smallest absolute Gasteiger partial charge is 0.872 e. The van der Waals surface area contributed by atoms with Gasteiger partial charge in [-0.25, -0.2) is 0 Å². The Kier molecular flexibility index (Phi) is 8.79. The molecule has 8 nitrogen and oxygen atoms in total. The van der Waals surface area contributed by atoms with Crippen molar-refractivity contribution in [3.63, 3.8) is 0 Å². The quantitative estimate of drug-likeness (QED) is 0.261. The van der Waals surface area contributed by atoms with Gasteiger partial charge < -0.3 is 15.0 Å². The molecule has 0 heterocycles. The summed E-state index contributed by atoms with van der Waals surface area (Å²) in [5.41, 5.74) is 0.0260. The van der Waals surface area contributed by atoms with E-state index in [1.165, 1.54) is 24.3 Å². The maximum Gasteiger partial charge on any atom is 1.00 e. The summed E-state index contributed by atoms with van der Waals surface area (Å²) in [6.07, 6.45) is 0. The summed E-state index contributed by atoms with van der Waals surface area (Å²) in [7, 11) is -4.32. The third kappa shape index (κ3) is 5.62. The normalized spacial score (nSPS) is 11.0. The van der Waals surface area contributed by atoms with Crippen LogP contribution in [0, 0.1) is 0 Å². The molecule has 0 unspecified atom stereocenters. The van der Waals surface area contributed by atoms with E-state index < -0.39 is 27.4 Å². The Hall–Kier alpha value is -1.30. The molecule has 3 aromatic carbocycles. The standard InChI is InChI=1S/C17H12N2O6S.2Na/c20-16-7-4-11(9-14(16)17(21)22)18-19-15-3-1-2-10-8-12(26(23,24)25)5-6-13(10)15;;/h1-9,20H,(H,21,22)(H,23,24,25);;/q;2*+1/p-2. The molecule has 0 bridgehead atoms. The minimum absolute atomic E-state index is 0. The van der Waals surface area contributed by atoms with Crippen LogP contribution in [-0.4, -0.2) is 18.9 Å². The number of rotatable bonds is 4. The van der Waals surface area contributed by atoms with E-state index in [9.17, 15) is 23.4 Å². The van der Waals surface area contributed by atoms with E-state index in [-0.39, 0.29) is 69.7 Å². The van der Waals surface area contributed by atoms with Crippen LogP contribution in [0.4, 0.5) is 11.4 Å². The van der Waals surface area contributed by atoms with E-state index in [0.29, 0.717) is 16.5 Å².